The van der Waals surface area contributed by atoms with Crippen LogP contribution in [0.4, 0.5) is 0 Å². The smallest absolute Gasteiger partial charge is 0.0585 e. The van der Waals surface area contributed by atoms with Crippen molar-refractivity contribution < 1.29 is 5.21 Å². The molecule has 0 aromatic rings. The summed E-state index contributed by atoms with van der Waals surface area (Å²) in [5, 5.41) is 10.8. The van der Waals surface area contributed by atoms with Crippen molar-refractivity contribution in [1.82, 2.24) is 4.31 Å². The summed E-state index contributed by atoms with van der Waals surface area (Å²) in [5.74, 6) is 0. The molecule has 0 aliphatic heterocycles. The lowest BCUT2D eigenvalue weighted by Gasteiger charge is -2.08. The molecule has 0 spiro atoms. The van der Waals surface area contributed by atoms with E-state index in [1.165, 1.54) is 6.21 Å². The molecule has 0 rings (SSSR count). The molecule has 1 N–H and O–H groups in total. The van der Waals surface area contributed by atoms with Gasteiger partial charge in [0, 0.05) is 13.1 Å². The van der Waals surface area contributed by atoms with E-state index in [-0.39, 0.29) is 0 Å². The Bertz CT molecular complexity index is 87.0. The normalized spacial score (nSPS) is 11.4. The Balaban J connectivity index is 3.15. The van der Waals surface area contributed by atoms with Gasteiger partial charge in [-0.3, -0.25) is 0 Å². The van der Waals surface area contributed by atoms with Gasteiger partial charge in [0.25, 0.3) is 0 Å². The Morgan fingerprint density at radius 3 is 2.89 bits per heavy atom. The predicted molar refractivity (Wildman–Crippen MR) is 41.1 cm³/mol. The van der Waals surface area contributed by atoms with Crippen LogP contribution in [0.15, 0.2) is 5.16 Å². The largest absolute Gasteiger partial charge is 0.411 e. The summed E-state index contributed by atoms with van der Waals surface area (Å²) in [6.45, 7) is 3.57. The van der Waals surface area contributed by atoms with Crippen LogP contribution in [0.25, 0.3) is 0 Å². The highest BCUT2D eigenvalue weighted by atomic mass is 32.1. The van der Waals surface area contributed by atoms with Crippen LogP contribution in [0.3, 0.4) is 0 Å². The van der Waals surface area contributed by atoms with Gasteiger partial charge < -0.3 is 5.21 Å². The van der Waals surface area contributed by atoms with Gasteiger partial charge in [-0.2, -0.15) is 0 Å². The number of thiol groups is 1. The molecule has 0 saturated carbocycles. The molecule has 0 bridgehead atoms. The molecule has 54 valence electrons. The fourth-order valence-electron chi connectivity index (χ4n) is 0.480. The molecule has 0 atom stereocenters. The Kier molecular flexibility index (Phi) is 5.76. The fraction of sp³-hybridized carbons (Fsp3) is 0.800. The second kappa shape index (κ2) is 5.91. The molecular weight excluding hydrogens is 136 g/mol. The highest BCUT2D eigenvalue weighted by Gasteiger charge is 1.91. The van der Waals surface area contributed by atoms with Gasteiger partial charge in [-0.1, -0.05) is 19.7 Å². The molecule has 0 fully saturated rings. The summed E-state index contributed by atoms with van der Waals surface area (Å²) >= 11 is 4.08. The van der Waals surface area contributed by atoms with Crippen LogP contribution >= 0.6 is 12.8 Å². The molecule has 9 heavy (non-hydrogen) atoms. The van der Waals surface area contributed by atoms with Gasteiger partial charge in [-0.15, -0.1) is 5.16 Å². The maximum absolute atomic E-state index is 7.99. The van der Waals surface area contributed by atoms with Crippen molar-refractivity contribution in [1.29, 1.82) is 0 Å². The van der Waals surface area contributed by atoms with Crippen molar-refractivity contribution in [3.05, 3.63) is 0 Å². The lowest BCUT2D eigenvalue weighted by molar-refractivity contribution is 0.319. The number of nitrogens with zero attached hydrogens (tertiary/aromatic N) is 2. The number of oxime groups is 1. The van der Waals surface area contributed by atoms with E-state index in [9.17, 15) is 0 Å². The molecule has 0 aliphatic carbocycles. The van der Waals surface area contributed by atoms with E-state index in [1.54, 1.807) is 4.31 Å². The van der Waals surface area contributed by atoms with E-state index in [2.05, 4.69) is 24.9 Å². The average Bonchev–Trinajstić information content (AvgIpc) is 1.85. The van der Waals surface area contributed by atoms with Crippen molar-refractivity contribution in [2.45, 2.75) is 13.3 Å². The standard InChI is InChI=1S/C5H12N2OS/c1-2-4-7(9)5-3-6-8/h3,8-9H,2,4-5H2,1H3/b6-3+. The highest BCUT2D eigenvalue weighted by Crippen LogP contribution is 1.91. The summed E-state index contributed by atoms with van der Waals surface area (Å²) in [7, 11) is 0. The maximum atomic E-state index is 7.99. The van der Waals surface area contributed by atoms with Crippen molar-refractivity contribution in [3.8, 4) is 0 Å². The van der Waals surface area contributed by atoms with Crippen molar-refractivity contribution in [2.24, 2.45) is 5.16 Å². The summed E-state index contributed by atoms with van der Waals surface area (Å²) < 4.78 is 1.78. The van der Waals surface area contributed by atoms with Crippen LogP contribution < -0.4 is 0 Å². The van der Waals surface area contributed by atoms with Gasteiger partial charge in [0.15, 0.2) is 0 Å². The van der Waals surface area contributed by atoms with Crippen LogP contribution in [0.2, 0.25) is 0 Å². The van der Waals surface area contributed by atoms with Gasteiger partial charge in [-0.05, 0) is 6.42 Å². The quantitative estimate of drug-likeness (QED) is 0.270. The first-order valence-electron chi connectivity index (χ1n) is 2.91. The van der Waals surface area contributed by atoms with Crippen molar-refractivity contribution in [2.75, 3.05) is 13.1 Å². The number of hydrogen-bond acceptors (Lipinski definition) is 4. The maximum Gasteiger partial charge on any atom is 0.0585 e. The molecule has 0 aliphatic rings. The van der Waals surface area contributed by atoms with Gasteiger partial charge in [-0.25, -0.2) is 4.31 Å². The van der Waals surface area contributed by atoms with Crippen LogP contribution in [0, 0.1) is 0 Å². The minimum Gasteiger partial charge on any atom is -0.411 e. The zero-order chi connectivity index (χ0) is 7.11. The SMILES string of the molecule is CCCN(S)C/C=N/O. The summed E-state index contributed by atoms with van der Waals surface area (Å²) in [4.78, 5) is 0. The van der Waals surface area contributed by atoms with Crippen LogP contribution in [0.5, 0.6) is 0 Å². The third-order valence-electron chi connectivity index (χ3n) is 0.856. The first kappa shape index (κ1) is 8.78. The second-order valence-electron chi connectivity index (χ2n) is 1.71. The van der Waals surface area contributed by atoms with Crippen LogP contribution in [0.1, 0.15) is 13.3 Å². The molecule has 0 saturated heterocycles. The molecule has 0 amide bonds. The molecule has 0 heterocycles. The first-order valence-corrected chi connectivity index (χ1v) is 3.31. The monoisotopic (exact) mass is 148 g/mol. The predicted octanol–water partition coefficient (Wildman–Crippen LogP) is 1.00. The fourth-order valence-corrected chi connectivity index (χ4v) is 0.753. The minimum atomic E-state index is 0.591. The Morgan fingerprint density at radius 1 is 1.78 bits per heavy atom. The minimum absolute atomic E-state index is 0.591. The molecular formula is C5H12N2OS. The number of hydrogen-bond donors (Lipinski definition) is 2. The zero-order valence-electron chi connectivity index (χ0n) is 5.49. The Morgan fingerprint density at radius 2 is 2.44 bits per heavy atom. The van der Waals surface area contributed by atoms with Crippen molar-refractivity contribution in [3.63, 3.8) is 0 Å². The summed E-state index contributed by atoms with van der Waals surface area (Å²) in [5.41, 5.74) is 0. The highest BCUT2D eigenvalue weighted by molar-refractivity contribution is 7.77. The van der Waals surface area contributed by atoms with Crippen LogP contribution in [-0.2, 0) is 0 Å². The number of rotatable bonds is 4. The lowest BCUT2D eigenvalue weighted by Crippen LogP contribution is -2.15. The molecule has 0 unspecified atom stereocenters. The van der Waals surface area contributed by atoms with E-state index >= 15 is 0 Å². The topological polar surface area (TPSA) is 35.8 Å². The van der Waals surface area contributed by atoms with E-state index in [0.717, 1.165) is 13.0 Å². The molecule has 4 heteroatoms. The van der Waals surface area contributed by atoms with Gasteiger partial charge in [0.05, 0.1) is 6.21 Å². The zero-order valence-corrected chi connectivity index (χ0v) is 6.38. The molecule has 0 aromatic heterocycles. The van der Waals surface area contributed by atoms with E-state index in [0.29, 0.717) is 6.54 Å². The summed E-state index contributed by atoms with van der Waals surface area (Å²) in [6, 6.07) is 0. The summed E-state index contributed by atoms with van der Waals surface area (Å²) in [6.07, 6.45) is 2.46. The van der Waals surface area contributed by atoms with Gasteiger partial charge in [0.2, 0.25) is 0 Å². The third kappa shape index (κ3) is 5.65. The molecule has 0 radical (unpaired) electrons. The third-order valence-corrected chi connectivity index (χ3v) is 1.22. The second-order valence-corrected chi connectivity index (χ2v) is 2.28. The van der Waals surface area contributed by atoms with Crippen LogP contribution in [-0.4, -0.2) is 28.8 Å². The Labute approximate surface area is 60.9 Å². The Hall–Kier alpha value is -0.220. The van der Waals surface area contributed by atoms with Gasteiger partial charge in [0.1, 0.15) is 0 Å². The average molecular weight is 148 g/mol. The first-order chi connectivity index (χ1) is 4.31. The van der Waals surface area contributed by atoms with Crippen molar-refractivity contribution >= 4 is 19.0 Å². The van der Waals surface area contributed by atoms with E-state index < -0.39 is 0 Å². The lowest BCUT2D eigenvalue weighted by atomic mass is 10.5. The van der Waals surface area contributed by atoms with Gasteiger partial charge >= 0.3 is 0 Å². The van der Waals surface area contributed by atoms with E-state index in [4.69, 9.17) is 5.21 Å². The molecule has 0 aromatic carbocycles. The molecule has 3 nitrogen and oxygen atoms in total. The van der Waals surface area contributed by atoms with E-state index in [1.807, 2.05) is 0 Å².